The van der Waals surface area contributed by atoms with Crippen molar-refractivity contribution in [2.24, 2.45) is 0 Å². The van der Waals surface area contributed by atoms with Gasteiger partial charge in [-0.1, -0.05) is 0 Å². The molecule has 3 nitrogen and oxygen atoms in total. The molecule has 0 radical (unpaired) electrons. The molecule has 2 heterocycles. The number of aromatic nitrogens is 1. The van der Waals surface area contributed by atoms with E-state index in [9.17, 15) is 0 Å². The van der Waals surface area contributed by atoms with Crippen LogP contribution in [0.25, 0.3) is 0 Å². The van der Waals surface area contributed by atoms with E-state index in [-0.39, 0.29) is 11.6 Å². The van der Waals surface area contributed by atoms with Crippen molar-refractivity contribution >= 4 is 5.69 Å². The second kappa shape index (κ2) is 2.17. The highest BCUT2D eigenvalue weighted by Crippen LogP contribution is 2.22. The Balaban J connectivity index is 2.62. The molecule has 1 aromatic heterocycles. The van der Waals surface area contributed by atoms with Gasteiger partial charge in [-0.3, -0.25) is 0 Å². The molecular formula is C7H8N2O. The summed E-state index contributed by atoms with van der Waals surface area (Å²) in [5, 5.41) is 2.14. The molecule has 10 heavy (non-hydrogen) atoms. The summed E-state index contributed by atoms with van der Waals surface area (Å²) in [6, 6.07) is -0.919. The van der Waals surface area contributed by atoms with Crippen LogP contribution >= 0.6 is 0 Å². The first-order valence-corrected chi connectivity index (χ1v) is 2.61. The van der Waals surface area contributed by atoms with Gasteiger partial charge in [0.1, 0.15) is 6.56 Å². The van der Waals surface area contributed by atoms with Crippen molar-refractivity contribution < 1.29 is 14.3 Å². The average Bonchev–Trinajstić information content (AvgIpc) is 2.18. The SMILES string of the molecule is [2H]c1nc2c(c([2H])c1[2H])NC([2H])([2H])C([2H])([2H])O2. The van der Waals surface area contributed by atoms with Gasteiger partial charge in [-0.25, -0.2) is 4.98 Å². The Labute approximate surface area is 68.9 Å². The number of nitrogens with one attached hydrogen (secondary N) is 1. The third kappa shape index (κ3) is 0.795. The number of fused-ring (bicyclic) bond motifs is 1. The van der Waals surface area contributed by atoms with Crippen LogP contribution in [0.5, 0.6) is 5.88 Å². The maximum Gasteiger partial charge on any atom is 0.237 e. The van der Waals surface area contributed by atoms with Crippen LogP contribution < -0.4 is 10.1 Å². The lowest BCUT2D eigenvalue weighted by molar-refractivity contribution is 0.310. The Hall–Kier alpha value is -1.25. The van der Waals surface area contributed by atoms with Crippen molar-refractivity contribution in [3.63, 3.8) is 0 Å². The van der Waals surface area contributed by atoms with Gasteiger partial charge in [0, 0.05) is 12.7 Å². The fourth-order valence-corrected chi connectivity index (χ4v) is 0.599. The molecule has 0 aliphatic carbocycles. The van der Waals surface area contributed by atoms with E-state index in [1.807, 2.05) is 0 Å². The maximum atomic E-state index is 7.54. The van der Waals surface area contributed by atoms with E-state index < -0.39 is 31.3 Å². The monoisotopic (exact) mass is 143 g/mol. The normalized spacial score (nSPS) is 35.0. The largest absolute Gasteiger partial charge is 0.474 e. The summed E-state index contributed by atoms with van der Waals surface area (Å²) in [7, 11) is 0. The number of hydrogen-bond donors (Lipinski definition) is 1. The topological polar surface area (TPSA) is 34.2 Å². The van der Waals surface area contributed by atoms with E-state index in [2.05, 4.69) is 10.3 Å². The van der Waals surface area contributed by atoms with Gasteiger partial charge < -0.3 is 10.1 Å². The molecule has 0 atom stereocenters. The van der Waals surface area contributed by atoms with Crippen molar-refractivity contribution in [2.75, 3.05) is 18.4 Å². The molecule has 0 spiro atoms. The fraction of sp³-hybridized carbons (Fsp3) is 0.286. The smallest absolute Gasteiger partial charge is 0.237 e. The molecule has 1 N–H and O–H groups in total. The van der Waals surface area contributed by atoms with Crippen LogP contribution in [0.4, 0.5) is 5.69 Å². The van der Waals surface area contributed by atoms with Gasteiger partial charge in [0.25, 0.3) is 0 Å². The number of nitrogens with zero attached hydrogens (tertiary/aromatic N) is 1. The summed E-state index contributed by atoms with van der Waals surface area (Å²) in [5.74, 6) is -0.379. The molecule has 0 unspecified atom stereocenters. The zero-order chi connectivity index (χ0) is 13.0. The second-order valence-corrected chi connectivity index (χ2v) is 1.61. The molecule has 0 amide bonds. The van der Waals surface area contributed by atoms with E-state index >= 15 is 0 Å². The van der Waals surface area contributed by atoms with E-state index in [1.54, 1.807) is 0 Å². The van der Waals surface area contributed by atoms with Gasteiger partial charge in [0.2, 0.25) is 5.88 Å². The molecule has 0 aromatic carbocycles. The Morgan fingerprint density at radius 2 is 2.90 bits per heavy atom. The first-order valence-electron chi connectivity index (χ1n) is 6.11. The predicted molar refractivity (Wildman–Crippen MR) is 38.2 cm³/mol. The Bertz CT molecular complexity index is 490. The zero-order valence-electron chi connectivity index (χ0n) is 11.9. The van der Waals surface area contributed by atoms with Crippen LogP contribution in [-0.4, -0.2) is 18.0 Å². The molecule has 0 saturated heterocycles. The van der Waals surface area contributed by atoms with Gasteiger partial charge in [-0.2, -0.15) is 0 Å². The molecule has 1 aromatic rings. The number of pyridine rings is 1. The van der Waals surface area contributed by atoms with Crippen molar-refractivity contribution in [1.29, 1.82) is 0 Å². The quantitative estimate of drug-likeness (QED) is 0.585. The highest BCUT2D eigenvalue weighted by Gasteiger charge is 2.07. The second-order valence-electron chi connectivity index (χ2n) is 1.61. The summed E-state index contributed by atoms with van der Waals surface area (Å²) in [6.07, 6.45) is -0.520. The minimum absolute atomic E-state index is 0.217. The molecular weight excluding hydrogens is 128 g/mol. The van der Waals surface area contributed by atoms with Crippen LogP contribution in [0, 0.1) is 0 Å². The molecule has 1 aliphatic heterocycles. The Morgan fingerprint density at radius 3 is 3.90 bits per heavy atom. The van der Waals surface area contributed by atoms with Crippen molar-refractivity contribution in [3.8, 4) is 5.88 Å². The van der Waals surface area contributed by atoms with Crippen molar-refractivity contribution in [3.05, 3.63) is 18.3 Å². The number of hydrogen-bond acceptors (Lipinski definition) is 3. The van der Waals surface area contributed by atoms with E-state index in [1.165, 1.54) is 0 Å². The average molecular weight is 143 g/mol. The van der Waals surface area contributed by atoms with Crippen molar-refractivity contribution in [2.45, 2.75) is 0 Å². The van der Waals surface area contributed by atoms with Crippen LogP contribution in [0.15, 0.2) is 18.3 Å². The lowest BCUT2D eigenvalue weighted by atomic mass is 10.4. The molecule has 0 saturated carbocycles. The minimum Gasteiger partial charge on any atom is -0.474 e. The first-order chi connectivity index (χ1) is 7.66. The number of rotatable bonds is 0. The summed E-state index contributed by atoms with van der Waals surface area (Å²) in [5.41, 5.74) is -0.217. The van der Waals surface area contributed by atoms with Crippen LogP contribution in [0.3, 0.4) is 0 Å². The summed E-state index contributed by atoms with van der Waals surface area (Å²) < 4.78 is 56.4. The first kappa shape index (κ1) is 1.87. The number of anilines is 1. The van der Waals surface area contributed by atoms with Crippen LogP contribution in [-0.2, 0) is 0 Å². The molecule has 0 fully saturated rings. The molecule has 3 heteroatoms. The van der Waals surface area contributed by atoms with E-state index in [0.29, 0.717) is 0 Å². The number of ether oxygens (including phenoxy) is 1. The molecule has 1 aliphatic rings. The zero-order valence-corrected chi connectivity index (χ0v) is 4.86. The third-order valence-corrected chi connectivity index (χ3v) is 1.00. The minimum atomic E-state index is -2.67. The van der Waals surface area contributed by atoms with Gasteiger partial charge in [0.15, 0.2) is 0 Å². The Morgan fingerprint density at radius 1 is 1.90 bits per heavy atom. The van der Waals surface area contributed by atoms with Gasteiger partial charge >= 0.3 is 0 Å². The fourth-order valence-electron chi connectivity index (χ4n) is 0.599. The van der Waals surface area contributed by atoms with Gasteiger partial charge in [-0.15, -0.1) is 0 Å². The Kier molecular flexibility index (Phi) is 0.407. The molecule has 52 valence electrons. The highest BCUT2D eigenvalue weighted by molar-refractivity contribution is 5.53. The van der Waals surface area contributed by atoms with Crippen LogP contribution in [0.1, 0.15) is 9.60 Å². The molecule has 2 rings (SSSR count). The predicted octanol–water partition coefficient (Wildman–Crippen LogP) is 0.886. The van der Waals surface area contributed by atoms with Gasteiger partial charge in [-0.05, 0) is 12.1 Å². The lowest BCUT2D eigenvalue weighted by Crippen LogP contribution is -2.18. The third-order valence-electron chi connectivity index (χ3n) is 1.00. The highest BCUT2D eigenvalue weighted by atomic mass is 16.5. The maximum absolute atomic E-state index is 7.54. The van der Waals surface area contributed by atoms with Crippen molar-refractivity contribution in [1.82, 2.24) is 4.98 Å². The summed E-state index contributed by atoms with van der Waals surface area (Å²) in [6.45, 7) is -5.22. The van der Waals surface area contributed by atoms with Gasteiger partial charge in [0.05, 0.1) is 15.3 Å². The summed E-state index contributed by atoms with van der Waals surface area (Å²) >= 11 is 0. The lowest BCUT2D eigenvalue weighted by Gasteiger charge is -2.16. The molecule has 0 bridgehead atoms. The van der Waals surface area contributed by atoms with E-state index in [4.69, 9.17) is 14.3 Å². The summed E-state index contributed by atoms with van der Waals surface area (Å²) in [4.78, 5) is 3.50. The van der Waals surface area contributed by atoms with Crippen LogP contribution in [0.2, 0.25) is 0 Å². The van der Waals surface area contributed by atoms with E-state index in [0.717, 1.165) is 0 Å². The standard InChI is InChI=1S/C7H8N2O/c1-2-6-7(9-3-1)10-5-4-8-6/h1-3,8H,4-5H2/i1D,2D,3D,4D2,5D2.